The standard InChI is InChI=1S/C12H20O/c1-9(2)5-11-7-13-8-12(11)6-10(3)4/h7-10H,5-6H2,1-4H3. The van der Waals surface area contributed by atoms with E-state index < -0.39 is 0 Å². The quantitative estimate of drug-likeness (QED) is 0.689. The van der Waals surface area contributed by atoms with Gasteiger partial charge in [0.2, 0.25) is 0 Å². The van der Waals surface area contributed by atoms with Gasteiger partial charge < -0.3 is 4.42 Å². The van der Waals surface area contributed by atoms with Crippen LogP contribution in [0.5, 0.6) is 0 Å². The number of hydrogen-bond acceptors (Lipinski definition) is 1. The van der Waals surface area contributed by atoms with Crippen molar-refractivity contribution in [2.24, 2.45) is 11.8 Å². The first-order chi connectivity index (χ1) is 6.09. The topological polar surface area (TPSA) is 13.1 Å². The van der Waals surface area contributed by atoms with Gasteiger partial charge in [-0.3, -0.25) is 0 Å². The van der Waals surface area contributed by atoms with Gasteiger partial charge in [-0.05, 0) is 35.8 Å². The van der Waals surface area contributed by atoms with Crippen LogP contribution in [0.25, 0.3) is 0 Å². The van der Waals surface area contributed by atoms with E-state index in [1.54, 1.807) is 0 Å². The molecule has 1 aromatic rings. The lowest BCUT2D eigenvalue weighted by Crippen LogP contribution is -1.99. The van der Waals surface area contributed by atoms with Crippen LogP contribution in [0.2, 0.25) is 0 Å². The Morgan fingerprint density at radius 2 is 1.31 bits per heavy atom. The molecule has 0 bridgehead atoms. The number of furan rings is 1. The Bertz CT molecular complexity index is 221. The summed E-state index contributed by atoms with van der Waals surface area (Å²) in [6, 6.07) is 0. The van der Waals surface area contributed by atoms with Crippen LogP contribution in [0.4, 0.5) is 0 Å². The third kappa shape index (κ3) is 3.25. The summed E-state index contributed by atoms with van der Waals surface area (Å²) in [7, 11) is 0. The van der Waals surface area contributed by atoms with Crippen molar-refractivity contribution in [3.8, 4) is 0 Å². The van der Waals surface area contributed by atoms with Gasteiger partial charge in [0.15, 0.2) is 0 Å². The first-order valence-electron chi connectivity index (χ1n) is 5.13. The van der Waals surface area contributed by atoms with Crippen molar-refractivity contribution in [3.05, 3.63) is 23.7 Å². The molecule has 1 heterocycles. The van der Waals surface area contributed by atoms with Crippen LogP contribution in [0.3, 0.4) is 0 Å². The third-order valence-corrected chi connectivity index (χ3v) is 2.09. The SMILES string of the molecule is CC(C)Cc1cocc1CC(C)C. The summed E-state index contributed by atoms with van der Waals surface area (Å²) in [6.07, 6.45) is 6.08. The summed E-state index contributed by atoms with van der Waals surface area (Å²) >= 11 is 0. The fourth-order valence-corrected chi connectivity index (χ4v) is 1.59. The Morgan fingerprint density at radius 3 is 1.62 bits per heavy atom. The van der Waals surface area contributed by atoms with Crippen molar-refractivity contribution in [1.82, 2.24) is 0 Å². The Balaban J connectivity index is 2.65. The molecule has 13 heavy (non-hydrogen) atoms. The van der Waals surface area contributed by atoms with Crippen LogP contribution in [0, 0.1) is 11.8 Å². The molecule has 0 aliphatic rings. The smallest absolute Gasteiger partial charge is 0.0937 e. The maximum atomic E-state index is 5.25. The summed E-state index contributed by atoms with van der Waals surface area (Å²) in [5.74, 6) is 1.42. The summed E-state index contributed by atoms with van der Waals surface area (Å²) in [4.78, 5) is 0. The zero-order chi connectivity index (χ0) is 9.84. The minimum Gasteiger partial charge on any atom is -0.472 e. The van der Waals surface area contributed by atoms with Gasteiger partial charge in [-0.25, -0.2) is 0 Å². The first kappa shape index (κ1) is 10.4. The Kier molecular flexibility index (Phi) is 3.58. The van der Waals surface area contributed by atoms with Crippen LogP contribution >= 0.6 is 0 Å². The van der Waals surface area contributed by atoms with Crippen LogP contribution in [0.15, 0.2) is 16.9 Å². The Hall–Kier alpha value is -0.720. The van der Waals surface area contributed by atoms with E-state index in [9.17, 15) is 0 Å². The van der Waals surface area contributed by atoms with Crippen molar-refractivity contribution in [1.29, 1.82) is 0 Å². The van der Waals surface area contributed by atoms with Gasteiger partial charge in [0, 0.05) is 0 Å². The molecule has 0 aliphatic heterocycles. The molecule has 0 radical (unpaired) electrons. The highest BCUT2D eigenvalue weighted by Crippen LogP contribution is 2.18. The molecule has 0 aromatic carbocycles. The summed E-state index contributed by atoms with van der Waals surface area (Å²) < 4.78 is 5.25. The minimum absolute atomic E-state index is 0.712. The number of hydrogen-bond donors (Lipinski definition) is 0. The molecule has 0 amide bonds. The van der Waals surface area contributed by atoms with Crippen molar-refractivity contribution in [2.75, 3.05) is 0 Å². The van der Waals surface area contributed by atoms with Crippen molar-refractivity contribution in [2.45, 2.75) is 40.5 Å². The second-order valence-electron chi connectivity index (χ2n) is 4.62. The van der Waals surface area contributed by atoms with E-state index in [4.69, 9.17) is 4.42 Å². The molecule has 0 fully saturated rings. The van der Waals surface area contributed by atoms with Gasteiger partial charge in [0.1, 0.15) is 0 Å². The molecule has 0 unspecified atom stereocenters. The number of rotatable bonds is 4. The zero-order valence-electron chi connectivity index (χ0n) is 9.13. The van der Waals surface area contributed by atoms with Gasteiger partial charge in [-0.15, -0.1) is 0 Å². The highest BCUT2D eigenvalue weighted by atomic mass is 16.3. The van der Waals surface area contributed by atoms with Gasteiger partial charge in [0.05, 0.1) is 12.5 Å². The lowest BCUT2D eigenvalue weighted by Gasteiger charge is -2.07. The van der Waals surface area contributed by atoms with Crippen LogP contribution in [-0.4, -0.2) is 0 Å². The maximum absolute atomic E-state index is 5.25. The molecule has 0 spiro atoms. The predicted octanol–water partition coefficient (Wildman–Crippen LogP) is 3.68. The monoisotopic (exact) mass is 180 g/mol. The molecule has 0 saturated heterocycles. The van der Waals surface area contributed by atoms with Gasteiger partial charge in [0.25, 0.3) is 0 Å². The molecule has 0 atom stereocenters. The first-order valence-corrected chi connectivity index (χ1v) is 5.13. The molecule has 0 aliphatic carbocycles. The fraction of sp³-hybridized carbons (Fsp3) is 0.667. The molecule has 0 saturated carbocycles. The third-order valence-electron chi connectivity index (χ3n) is 2.09. The van der Waals surface area contributed by atoms with Gasteiger partial charge in [-0.1, -0.05) is 27.7 Å². The van der Waals surface area contributed by atoms with Crippen molar-refractivity contribution < 1.29 is 4.42 Å². The van der Waals surface area contributed by atoms with E-state index in [2.05, 4.69) is 27.7 Å². The van der Waals surface area contributed by atoms with Gasteiger partial charge >= 0.3 is 0 Å². The highest BCUT2D eigenvalue weighted by Gasteiger charge is 2.08. The molecule has 1 nitrogen and oxygen atoms in total. The Morgan fingerprint density at radius 1 is 0.923 bits per heavy atom. The fourth-order valence-electron chi connectivity index (χ4n) is 1.59. The van der Waals surface area contributed by atoms with E-state index in [0.717, 1.165) is 12.8 Å². The van der Waals surface area contributed by atoms with Crippen molar-refractivity contribution in [3.63, 3.8) is 0 Å². The van der Waals surface area contributed by atoms with E-state index in [1.165, 1.54) is 11.1 Å². The van der Waals surface area contributed by atoms with Crippen LogP contribution in [0.1, 0.15) is 38.8 Å². The molecular formula is C12H20O. The Labute approximate surface area is 81.1 Å². The second-order valence-corrected chi connectivity index (χ2v) is 4.62. The lowest BCUT2D eigenvalue weighted by molar-refractivity contribution is 0.553. The predicted molar refractivity (Wildman–Crippen MR) is 55.8 cm³/mol. The summed E-state index contributed by atoms with van der Waals surface area (Å²) in [5, 5.41) is 0. The average Bonchev–Trinajstić information content (AvgIpc) is 2.34. The van der Waals surface area contributed by atoms with Crippen LogP contribution in [-0.2, 0) is 12.8 Å². The molecule has 74 valence electrons. The molecule has 1 heteroatoms. The lowest BCUT2D eigenvalue weighted by atomic mass is 9.97. The summed E-state index contributed by atoms with van der Waals surface area (Å²) in [6.45, 7) is 8.97. The van der Waals surface area contributed by atoms with E-state index in [1.807, 2.05) is 12.5 Å². The normalized spacial score (nSPS) is 11.5. The highest BCUT2D eigenvalue weighted by molar-refractivity contribution is 5.21. The average molecular weight is 180 g/mol. The van der Waals surface area contributed by atoms with E-state index >= 15 is 0 Å². The van der Waals surface area contributed by atoms with E-state index in [-0.39, 0.29) is 0 Å². The van der Waals surface area contributed by atoms with Crippen molar-refractivity contribution >= 4 is 0 Å². The minimum atomic E-state index is 0.712. The molecule has 0 N–H and O–H groups in total. The largest absolute Gasteiger partial charge is 0.472 e. The zero-order valence-corrected chi connectivity index (χ0v) is 9.13. The second kappa shape index (κ2) is 4.50. The molecular weight excluding hydrogens is 160 g/mol. The maximum Gasteiger partial charge on any atom is 0.0937 e. The molecule has 1 rings (SSSR count). The van der Waals surface area contributed by atoms with Crippen LogP contribution < -0.4 is 0 Å². The molecule has 1 aromatic heterocycles. The summed E-state index contributed by atoms with van der Waals surface area (Å²) in [5.41, 5.74) is 2.78. The van der Waals surface area contributed by atoms with Gasteiger partial charge in [-0.2, -0.15) is 0 Å². The van der Waals surface area contributed by atoms with E-state index in [0.29, 0.717) is 11.8 Å².